The molecule has 1 heterocycles. The molecule has 1 aliphatic heterocycles. The van der Waals surface area contributed by atoms with Gasteiger partial charge in [-0.2, -0.15) is 5.26 Å². The molecular weight excluding hydrogens is 132 g/mol. The lowest BCUT2D eigenvalue weighted by Gasteiger charge is -2.12. The van der Waals surface area contributed by atoms with E-state index in [9.17, 15) is 0 Å². The lowest BCUT2D eigenvalue weighted by molar-refractivity contribution is 0.0579. The molecule has 1 unspecified atom stereocenters. The molecule has 4 nitrogen and oxygen atoms in total. The Balaban J connectivity index is 2.39. The maximum Gasteiger partial charge on any atom is 0.179 e. The van der Waals surface area contributed by atoms with E-state index in [2.05, 4.69) is 0 Å². The number of nitrogens with zero attached hydrogens (tertiary/aromatic N) is 2. The Kier molecular flexibility index (Phi) is 2.49. The van der Waals surface area contributed by atoms with Gasteiger partial charge in [-0.15, -0.1) is 0 Å². The predicted octanol–water partition coefficient (Wildman–Crippen LogP) is -0.839. The molecule has 1 atom stereocenters. The highest BCUT2D eigenvalue weighted by atomic mass is 16.5. The van der Waals surface area contributed by atoms with Crippen LogP contribution < -0.4 is 0 Å². The maximum atomic E-state index is 9.07. The van der Waals surface area contributed by atoms with Gasteiger partial charge in [0.15, 0.2) is 6.19 Å². The van der Waals surface area contributed by atoms with E-state index >= 15 is 0 Å². The summed E-state index contributed by atoms with van der Waals surface area (Å²) < 4.78 is 5.00. The van der Waals surface area contributed by atoms with Gasteiger partial charge in [-0.1, -0.05) is 0 Å². The smallest absolute Gasteiger partial charge is 0.179 e. The number of β-amino-alcohol motifs (C(OH)–C–C–N with tert-alkyl or cyclic N) is 1. The quantitative estimate of drug-likeness (QED) is 0.448. The van der Waals surface area contributed by atoms with Crippen molar-refractivity contribution >= 4 is 0 Å². The van der Waals surface area contributed by atoms with Crippen molar-refractivity contribution < 1.29 is 9.84 Å². The molecule has 0 aromatic heterocycles. The van der Waals surface area contributed by atoms with Gasteiger partial charge in [-0.3, -0.25) is 0 Å². The summed E-state index contributed by atoms with van der Waals surface area (Å²) in [5, 5.41) is 17.5. The van der Waals surface area contributed by atoms with Crippen LogP contribution in [0.5, 0.6) is 0 Å². The van der Waals surface area contributed by atoms with Gasteiger partial charge in [0, 0.05) is 0 Å². The summed E-state index contributed by atoms with van der Waals surface area (Å²) in [6, 6.07) is 0. The van der Waals surface area contributed by atoms with E-state index in [0.29, 0.717) is 26.3 Å². The fraction of sp³-hybridized carbons (Fsp3) is 0.833. The zero-order valence-corrected chi connectivity index (χ0v) is 5.66. The van der Waals surface area contributed by atoms with Crippen LogP contribution in [-0.4, -0.2) is 42.4 Å². The van der Waals surface area contributed by atoms with Crippen molar-refractivity contribution in [2.45, 2.75) is 6.10 Å². The van der Waals surface area contributed by atoms with Crippen LogP contribution in [0.2, 0.25) is 0 Å². The SMILES string of the molecule is N#CN1CCOCC(O)C1. The van der Waals surface area contributed by atoms with Gasteiger partial charge < -0.3 is 14.7 Å². The summed E-state index contributed by atoms with van der Waals surface area (Å²) in [6.45, 7) is 1.87. The van der Waals surface area contributed by atoms with Crippen LogP contribution in [0.25, 0.3) is 0 Å². The first kappa shape index (κ1) is 7.32. The number of aliphatic hydroxyl groups excluding tert-OH is 1. The third-order valence-electron chi connectivity index (χ3n) is 1.39. The first-order chi connectivity index (χ1) is 4.83. The van der Waals surface area contributed by atoms with Crippen molar-refractivity contribution in [3.8, 4) is 6.19 Å². The lowest BCUT2D eigenvalue weighted by Crippen LogP contribution is -2.28. The Morgan fingerprint density at radius 2 is 2.50 bits per heavy atom. The Labute approximate surface area is 59.6 Å². The van der Waals surface area contributed by atoms with Gasteiger partial charge in [-0.25, -0.2) is 0 Å². The van der Waals surface area contributed by atoms with E-state index < -0.39 is 6.10 Å². The molecule has 0 spiro atoms. The Morgan fingerprint density at radius 3 is 3.20 bits per heavy atom. The molecule has 0 bridgehead atoms. The van der Waals surface area contributed by atoms with Gasteiger partial charge in [0.1, 0.15) is 0 Å². The Bertz CT molecular complexity index is 143. The second-order valence-corrected chi connectivity index (χ2v) is 2.27. The third-order valence-corrected chi connectivity index (χ3v) is 1.39. The fourth-order valence-corrected chi connectivity index (χ4v) is 0.883. The zero-order valence-electron chi connectivity index (χ0n) is 5.66. The van der Waals surface area contributed by atoms with Crippen molar-refractivity contribution in [2.75, 3.05) is 26.3 Å². The molecule has 1 N–H and O–H groups in total. The third kappa shape index (κ3) is 1.87. The number of ether oxygens (including phenoxy) is 1. The second kappa shape index (κ2) is 3.40. The van der Waals surface area contributed by atoms with Gasteiger partial charge in [0.25, 0.3) is 0 Å². The molecule has 56 valence electrons. The van der Waals surface area contributed by atoms with Crippen molar-refractivity contribution in [2.24, 2.45) is 0 Å². The Morgan fingerprint density at radius 1 is 1.70 bits per heavy atom. The molecule has 0 aromatic rings. The van der Waals surface area contributed by atoms with E-state index in [4.69, 9.17) is 15.1 Å². The van der Waals surface area contributed by atoms with Crippen molar-refractivity contribution in [1.82, 2.24) is 4.90 Å². The average molecular weight is 142 g/mol. The summed E-state index contributed by atoms with van der Waals surface area (Å²) >= 11 is 0. The molecule has 4 heteroatoms. The van der Waals surface area contributed by atoms with Crippen LogP contribution in [-0.2, 0) is 4.74 Å². The minimum absolute atomic E-state index is 0.345. The summed E-state index contributed by atoms with van der Waals surface area (Å²) in [5.41, 5.74) is 0. The van der Waals surface area contributed by atoms with Crippen molar-refractivity contribution in [3.63, 3.8) is 0 Å². The van der Waals surface area contributed by atoms with Gasteiger partial charge in [0.2, 0.25) is 0 Å². The molecule has 1 fully saturated rings. The molecule has 0 amide bonds. The van der Waals surface area contributed by atoms with Gasteiger partial charge >= 0.3 is 0 Å². The molecule has 10 heavy (non-hydrogen) atoms. The minimum Gasteiger partial charge on any atom is -0.389 e. The summed E-state index contributed by atoms with van der Waals surface area (Å²) in [4.78, 5) is 1.50. The molecule has 0 aliphatic carbocycles. The van der Waals surface area contributed by atoms with Crippen LogP contribution >= 0.6 is 0 Å². The van der Waals surface area contributed by atoms with Gasteiger partial charge in [-0.05, 0) is 0 Å². The molecule has 1 aliphatic rings. The van der Waals surface area contributed by atoms with E-state index in [1.54, 1.807) is 0 Å². The molecule has 1 saturated heterocycles. The monoisotopic (exact) mass is 142 g/mol. The van der Waals surface area contributed by atoms with E-state index in [-0.39, 0.29) is 0 Å². The molecule has 0 aromatic carbocycles. The molecule has 1 rings (SSSR count). The van der Waals surface area contributed by atoms with Crippen LogP contribution in [0, 0.1) is 11.5 Å². The molecular formula is C6H10N2O2. The van der Waals surface area contributed by atoms with Crippen LogP contribution in [0.15, 0.2) is 0 Å². The second-order valence-electron chi connectivity index (χ2n) is 2.27. The van der Waals surface area contributed by atoms with E-state index in [1.807, 2.05) is 6.19 Å². The minimum atomic E-state index is -0.512. The number of nitriles is 1. The maximum absolute atomic E-state index is 9.07. The van der Waals surface area contributed by atoms with Crippen molar-refractivity contribution in [3.05, 3.63) is 0 Å². The first-order valence-corrected chi connectivity index (χ1v) is 3.23. The normalized spacial score (nSPS) is 27.2. The van der Waals surface area contributed by atoms with Crippen molar-refractivity contribution in [1.29, 1.82) is 5.26 Å². The highest BCUT2D eigenvalue weighted by molar-refractivity contribution is 4.78. The fourth-order valence-electron chi connectivity index (χ4n) is 0.883. The molecule has 0 saturated carbocycles. The topological polar surface area (TPSA) is 56.5 Å². The predicted molar refractivity (Wildman–Crippen MR) is 34.0 cm³/mol. The standard InChI is InChI=1S/C6H10N2O2/c7-5-8-1-2-10-4-6(9)3-8/h6,9H,1-4H2. The van der Waals surface area contributed by atoms with E-state index in [1.165, 1.54) is 4.90 Å². The van der Waals surface area contributed by atoms with Crippen LogP contribution in [0.3, 0.4) is 0 Å². The lowest BCUT2D eigenvalue weighted by atomic mass is 10.4. The first-order valence-electron chi connectivity index (χ1n) is 3.23. The van der Waals surface area contributed by atoms with Crippen LogP contribution in [0.1, 0.15) is 0 Å². The van der Waals surface area contributed by atoms with E-state index in [0.717, 1.165) is 0 Å². The number of rotatable bonds is 0. The zero-order chi connectivity index (χ0) is 7.40. The summed E-state index contributed by atoms with van der Waals surface area (Å²) in [6.07, 6.45) is 1.46. The Hall–Kier alpha value is -0.790. The highest BCUT2D eigenvalue weighted by Crippen LogP contribution is 1.97. The number of hydrogen-bond donors (Lipinski definition) is 1. The largest absolute Gasteiger partial charge is 0.389 e. The molecule has 0 radical (unpaired) electrons. The number of hydrogen-bond acceptors (Lipinski definition) is 4. The average Bonchev–Trinajstić information content (AvgIpc) is 2.13. The highest BCUT2D eigenvalue weighted by Gasteiger charge is 2.13. The summed E-state index contributed by atoms with van der Waals surface area (Å²) in [5.74, 6) is 0. The van der Waals surface area contributed by atoms with Gasteiger partial charge in [0.05, 0.1) is 32.4 Å². The van der Waals surface area contributed by atoms with Crippen LogP contribution in [0.4, 0.5) is 0 Å². The summed E-state index contributed by atoms with van der Waals surface area (Å²) in [7, 11) is 0. The number of aliphatic hydroxyl groups is 1.